The van der Waals surface area contributed by atoms with Crippen molar-refractivity contribution in [2.24, 2.45) is 0 Å². The first-order valence-corrected chi connectivity index (χ1v) is 8.59. The monoisotopic (exact) mass is 321 g/mol. The molecule has 0 saturated carbocycles. The van der Waals surface area contributed by atoms with E-state index in [1.54, 1.807) is 17.5 Å². The summed E-state index contributed by atoms with van der Waals surface area (Å²) < 4.78 is 0.768. The van der Waals surface area contributed by atoms with Crippen LogP contribution in [0.4, 0.5) is 0 Å². The van der Waals surface area contributed by atoms with Crippen molar-refractivity contribution in [3.63, 3.8) is 0 Å². The highest BCUT2D eigenvalue weighted by Crippen LogP contribution is 2.19. The van der Waals surface area contributed by atoms with Crippen LogP contribution in [0, 0.1) is 0 Å². The molecule has 1 fully saturated rings. The fraction of sp³-hybridized carbons (Fsp3) is 0.438. The maximum atomic E-state index is 5.90. The number of nitrogens with one attached hydrogen (secondary N) is 1. The molecule has 0 unspecified atom stereocenters. The van der Waals surface area contributed by atoms with Crippen LogP contribution in [0.5, 0.6) is 0 Å². The largest absolute Gasteiger partial charge is 0.308 e. The molecule has 1 aromatic carbocycles. The third kappa shape index (κ3) is 4.51. The van der Waals surface area contributed by atoms with Crippen molar-refractivity contribution >= 4 is 22.9 Å². The molecule has 3 rings (SSSR count). The van der Waals surface area contributed by atoms with Gasteiger partial charge in [-0.1, -0.05) is 41.9 Å². The molecule has 0 aliphatic carbocycles. The quantitative estimate of drug-likeness (QED) is 0.913. The predicted molar refractivity (Wildman–Crippen MR) is 88.7 cm³/mol. The van der Waals surface area contributed by atoms with Gasteiger partial charge in [0, 0.05) is 19.1 Å². The second kappa shape index (κ2) is 7.36. The van der Waals surface area contributed by atoms with Gasteiger partial charge in [-0.15, -0.1) is 11.3 Å². The van der Waals surface area contributed by atoms with Gasteiger partial charge in [0.2, 0.25) is 0 Å². The fourth-order valence-electron chi connectivity index (χ4n) is 2.74. The average molecular weight is 322 g/mol. The smallest absolute Gasteiger partial charge is 0.113 e. The van der Waals surface area contributed by atoms with E-state index in [9.17, 15) is 0 Å². The maximum absolute atomic E-state index is 5.90. The number of thiazole rings is 1. The molecule has 21 heavy (non-hydrogen) atoms. The van der Waals surface area contributed by atoms with Gasteiger partial charge in [0.25, 0.3) is 0 Å². The molecule has 1 N–H and O–H groups in total. The molecule has 1 aliphatic heterocycles. The number of rotatable bonds is 5. The van der Waals surface area contributed by atoms with Crippen LogP contribution in [0.25, 0.3) is 0 Å². The summed E-state index contributed by atoms with van der Waals surface area (Å²) in [5.74, 6) is 0. The number of piperidine rings is 1. The van der Waals surface area contributed by atoms with E-state index in [-0.39, 0.29) is 0 Å². The van der Waals surface area contributed by atoms with Crippen LogP contribution in [0.1, 0.15) is 23.4 Å². The highest BCUT2D eigenvalue weighted by molar-refractivity contribution is 7.15. The van der Waals surface area contributed by atoms with Crippen molar-refractivity contribution in [3.05, 3.63) is 51.4 Å². The summed E-state index contributed by atoms with van der Waals surface area (Å²) >= 11 is 7.46. The van der Waals surface area contributed by atoms with Gasteiger partial charge in [0.05, 0.1) is 6.20 Å². The second-order valence-corrected chi connectivity index (χ2v) is 7.22. The standard InChI is InChI=1S/C16H20ClN3S/c17-15-10-19-16(21-15)11-18-14-6-8-20(9-7-14)12-13-4-2-1-3-5-13/h1-5,10,14,18H,6-9,11-12H2. The second-order valence-electron chi connectivity index (χ2n) is 5.48. The minimum atomic E-state index is 0.597. The molecule has 0 amide bonds. The Morgan fingerprint density at radius 1 is 1.24 bits per heavy atom. The van der Waals surface area contributed by atoms with Crippen LogP contribution in [-0.4, -0.2) is 29.0 Å². The average Bonchev–Trinajstić information content (AvgIpc) is 2.93. The van der Waals surface area contributed by atoms with E-state index in [1.165, 1.54) is 18.4 Å². The maximum Gasteiger partial charge on any atom is 0.113 e. The number of halogens is 1. The summed E-state index contributed by atoms with van der Waals surface area (Å²) in [5.41, 5.74) is 1.40. The number of likely N-dealkylation sites (tertiary alicyclic amines) is 1. The van der Waals surface area contributed by atoms with Gasteiger partial charge in [-0.25, -0.2) is 4.98 Å². The third-order valence-corrected chi connectivity index (χ3v) is 5.02. The molecule has 3 nitrogen and oxygen atoms in total. The molecule has 1 aromatic heterocycles. The Morgan fingerprint density at radius 3 is 2.67 bits per heavy atom. The highest BCUT2D eigenvalue weighted by atomic mass is 35.5. The lowest BCUT2D eigenvalue weighted by atomic mass is 10.0. The zero-order valence-electron chi connectivity index (χ0n) is 12.0. The van der Waals surface area contributed by atoms with E-state index in [0.29, 0.717) is 6.04 Å². The summed E-state index contributed by atoms with van der Waals surface area (Å²) in [5, 5.41) is 4.67. The topological polar surface area (TPSA) is 28.2 Å². The summed E-state index contributed by atoms with van der Waals surface area (Å²) in [7, 11) is 0. The van der Waals surface area contributed by atoms with Crippen molar-refractivity contribution in [1.82, 2.24) is 15.2 Å². The minimum Gasteiger partial charge on any atom is -0.308 e. The summed E-state index contributed by atoms with van der Waals surface area (Å²) in [6.45, 7) is 4.22. The first-order chi connectivity index (χ1) is 10.3. The van der Waals surface area contributed by atoms with Gasteiger partial charge in [-0.3, -0.25) is 4.90 Å². The van der Waals surface area contributed by atoms with E-state index in [0.717, 1.165) is 35.5 Å². The van der Waals surface area contributed by atoms with Gasteiger partial charge in [0.1, 0.15) is 9.34 Å². The van der Waals surface area contributed by atoms with Crippen LogP contribution in [0.15, 0.2) is 36.5 Å². The normalized spacial score (nSPS) is 17.2. The van der Waals surface area contributed by atoms with Gasteiger partial charge < -0.3 is 5.32 Å². The first-order valence-electron chi connectivity index (χ1n) is 7.39. The van der Waals surface area contributed by atoms with E-state index in [4.69, 9.17) is 11.6 Å². The number of aromatic nitrogens is 1. The molecule has 2 heterocycles. The molecule has 0 atom stereocenters. The Kier molecular flexibility index (Phi) is 5.25. The summed E-state index contributed by atoms with van der Waals surface area (Å²) in [4.78, 5) is 6.82. The van der Waals surface area contributed by atoms with Crippen molar-refractivity contribution in [2.75, 3.05) is 13.1 Å². The zero-order valence-corrected chi connectivity index (χ0v) is 13.5. The summed E-state index contributed by atoms with van der Waals surface area (Å²) in [6, 6.07) is 11.3. The van der Waals surface area contributed by atoms with Gasteiger partial charge in [0.15, 0.2) is 0 Å². The van der Waals surface area contributed by atoms with Crippen LogP contribution in [0.3, 0.4) is 0 Å². The minimum absolute atomic E-state index is 0.597. The van der Waals surface area contributed by atoms with Crippen LogP contribution in [0.2, 0.25) is 4.34 Å². The summed E-state index contributed by atoms with van der Waals surface area (Å²) in [6.07, 6.45) is 4.13. The predicted octanol–water partition coefficient (Wildman–Crippen LogP) is 3.55. The van der Waals surface area contributed by atoms with Crippen LogP contribution < -0.4 is 5.32 Å². The van der Waals surface area contributed by atoms with E-state index < -0.39 is 0 Å². The lowest BCUT2D eigenvalue weighted by Gasteiger charge is -2.32. The molecule has 112 valence electrons. The lowest BCUT2D eigenvalue weighted by molar-refractivity contribution is 0.190. The molecule has 0 spiro atoms. The number of benzene rings is 1. The van der Waals surface area contributed by atoms with Crippen LogP contribution in [-0.2, 0) is 13.1 Å². The van der Waals surface area contributed by atoms with Crippen molar-refractivity contribution in [3.8, 4) is 0 Å². The number of hydrogen-bond acceptors (Lipinski definition) is 4. The Morgan fingerprint density at radius 2 is 2.00 bits per heavy atom. The lowest BCUT2D eigenvalue weighted by Crippen LogP contribution is -2.41. The molecule has 5 heteroatoms. The van der Waals surface area contributed by atoms with Gasteiger partial charge >= 0.3 is 0 Å². The molecule has 0 bridgehead atoms. The molecular weight excluding hydrogens is 302 g/mol. The molecule has 1 aliphatic rings. The van der Waals surface area contributed by atoms with E-state index in [1.807, 2.05) is 0 Å². The highest BCUT2D eigenvalue weighted by Gasteiger charge is 2.19. The van der Waals surface area contributed by atoms with Crippen LogP contribution >= 0.6 is 22.9 Å². The Labute approximate surface area is 135 Å². The first kappa shape index (κ1) is 15.0. The molecule has 0 radical (unpaired) electrons. The third-order valence-electron chi connectivity index (χ3n) is 3.90. The Bertz CT molecular complexity index is 550. The fourth-order valence-corrected chi connectivity index (χ4v) is 3.65. The number of hydrogen-bond donors (Lipinski definition) is 1. The van der Waals surface area contributed by atoms with Crippen molar-refractivity contribution < 1.29 is 0 Å². The Hall–Kier alpha value is -0.940. The number of nitrogens with zero attached hydrogens (tertiary/aromatic N) is 2. The van der Waals surface area contributed by atoms with Gasteiger partial charge in [-0.2, -0.15) is 0 Å². The molecule has 1 saturated heterocycles. The Balaban J connectivity index is 1.40. The van der Waals surface area contributed by atoms with Crippen molar-refractivity contribution in [1.29, 1.82) is 0 Å². The van der Waals surface area contributed by atoms with Gasteiger partial charge in [-0.05, 0) is 31.5 Å². The molecule has 2 aromatic rings. The van der Waals surface area contributed by atoms with E-state index >= 15 is 0 Å². The van der Waals surface area contributed by atoms with E-state index in [2.05, 4.69) is 45.5 Å². The molecular formula is C16H20ClN3S. The SMILES string of the molecule is Clc1cnc(CNC2CCN(Cc3ccccc3)CC2)s1. The zero-order chi connectivity index (χ0) is 14.5. The van der Waals surface area contributed by atoms with Crippen molar-refractivity contribution in [2.45, 2.75) is 32.0 Å².